The van der Waals surface area contributed by atoms with Gasteiger partial charge in [0.2, 0.25) is 5.91 Å². The number of carbonyl (C=O) groups excluding carboxylic acids is 1. The minimum Gasteiger partial charge on any atom is -0.375 e. The van der Waals surface area contributed by atoms with Crippen LogP contribution in [-0.4, -0.2) is 31.7 Å². The number of nitrogens with one attached hydrogen (secondary N) is 2. The molecule has 4 nitrogen and oxygen atoms in total. The van der Waals surface area contributed by atoms with E-state index in [2.05, 4.69) is 10.6 Å². The van der Waals surface area contributed by atoms with E-state index in [9.17, 15) is 18.0 Å². The summed E-state index contributed by atoms with van der Waals surface area (Å²) in [5.41, 5.74) is -0.382. The fourth-order valence-corrected chi connectivity index (χ4v) is 1.78. The summed E-state index contributed by atoms with van der Waals surface area (Å²) in [4.78, 5) is 11.6. The van der Waals surface area contributed by atoms with E-state index in [0.29, 0.717) is 13.2 Å². The third-order valence-electron chi connectivity index (χ3n) is 2.73. The minimum atomic E-state index is -1.60. The zero-order chi connectivity index (χ0) is 13.8. The Kier molecular flexibility index (Phi) is 4.39. The molecule has 1 amide bonds. The number of amides is 1. The quantitative estimate of drug-likeness (QED) is 0.820. The van der Waals surface area contributed by atoms with Crippen LogP contribution in [0.4, 0.5) is 18.9 Å². The van der Waals surface area contributed by atoms with Crippen molar-refractivity contribution in [1.82, 2.24) is 5.32 Å². The van der Waals surface area contributed by atoms with Crippen LogP contribution in [0.25, 0.3) is 0 Å². The van der Waals surface area contributed by atoms with Crippen LogP contribution in [0.5, 0.6) is 0 Å². The number of anilines is 1. The molecular weight excluding hydrogens is 261 g/mol. The van der Waals surface area contributed by atoms with Gasteiger partial charge < -0.3 is 15.4 Å². The van der Waals surface area contributed by atoms with Crippen molar-refractivity contribution in [3.63, 3.8) is 0 Å². The van der Waals surface area contributed by atoms with Gasteiger partial charge in [0.1, 0.15) is 0 Å². The second-order valence-corrected chi connectivity index (χ2v) is 4.17. The fourth-order valence-electron chi connectivity index (χ4n) is 1.78. The molecule has 1 aromatic rings. The van der Waals surface area contributed by atoms with Crippen LogP contribution >= 0.6 is 0 Å². The summed E-state index contributed by atoms with van der Waals surface area (Å²) in [6.07, 6.45) is -0.284. The molecule has 0 radical (unpaired) electrons. The zero-order valence-electron chi connectivity index (χ0n) is 10.0. The Morgan fingerprint density at radius 2 is 2.16 bits per heavy atom. The van der Waals surface area contributed by atoms with Crippen LogP contribution in [0.1, 0.15) is 6.42 Å². The molecule has 2 N–H and O–H groups in total. The van der Waals surface area contributed by atoms with Gasteiger partial charge in [-0.2, -0.15) is 0 Å². The van der Waals surface area contributed by atoms with Gasteiger partial charge in [0, 0.05) is 13.1 Å². The zero-order valence-corrected chi connectivity index (χ0v) is 10.0. The molecule has 19 heavy (non-hydrogen) atoms. The largest absolute Gasteiger partial charge is 0.375 e. The molecule has 1 heterocycles. The van der Waals surface area contributed by atoms with Crippen LogP contribution in [-0.2, 0) is 9.53 Å². The number of hydrogen-bond acceptors (Lipinski definition) is 3. The summed E-state index contributed by atoms with van der Waals surface area (Å²) in [5.74, 6) is -4.82. The number of hydrogen-bond donors (Lipinski definition) is 2. The first-order chi connectivity index (χ1) is 9.08. The van der Waals surface area contributed by atoms with E-state index in [-0.39, 0.29) is 18.2 Å². The summed E-state index contributed by atoms with van der Waals surface area (Å²) in [6.45, 7) is 1.74. The normalized spacial score (nSPS) is 19.2. The molecule has 0 aliphatic carbocycles. The highest BCUT2D eigenvalue weighted by Gasteiger charge is 2.19. The van der Waals surface area contributed by atoms with Crippen molar-refractivity contribution in [3.8, 4) is 0 Å². The van der Waals surface area contributed by atoms with E-state index in [0.717, 1.165) is 18.7 Å². The Morgan fingerprint density at radius 1 is 1.37 bits per heavy atom. The van der Waals surface area contributed by atoms with E-state index in [1.54, 1.807) is 0 Å². The molecule has 104 valence electrons. The maximum Gasteiger partial charge on any atom is 0.227 e. The van der Waals surface area contributed by atoms with Crippen LogP contribution in [0.2, 0.25) is 0 Å². The Morgan fingerprint density at radius 3 is 2.84 bits per heavy atom. The Hall–Kier alpha value is -1.60. The fraction of sp³-hybridized carbons (Fsp3) is 0.417. The summed E-state index contributed by atoms with van der Waals surface area (Å²) < 4.78 is 44.3. The molecule has 0 spiro atoms. The smallest absolute Gasteiger partial charge is 0.227 e. The van der Waals surface area contributed by atoms with E-state index in [1.807, 2.05) is 0 Å². The number of ether oxygens (including phenoxy) is 1. The highest BCUT2D eigenvalue weighted by Crippen LogP contribution is 2.20. The van der Waals surface area contributed by atoms with Gasteiger partial charge in [-0.25, -0.2) is 13.2 Å². The second kappa shape index (κ2) is 6.03. The first kappa shape index (κ1) is 13.8. The molecule has 0 saturated carbocycles. The molecule has 1 saturated heterocycles. The highest BCUT2D eigenvalue weighted by molar-refractivity contribution is 5.91. The van der Waals surface area contributed by atoms with Crippen molar-refractivity contribution in [2.45, 2.75) is 12.5 Å². The predicted octanol–water partition coefficient (Wildman–Crippen LogP) is 1.42. The monoisotopic (exact) mass is 274 g/mol. The molecule has 1 aliphatic rings. The molecule has 7 heteroatoms. The molecule has 1 aliphatic heterocycles. The molecule has 1 aromatic carbocycles. The molecule has 1 unspecified atom stereocenters. The summed E-state index contributed by atoms with van der Waals surface area (Å²) in [5, 5.41) is 5.24. The van der Waals surface area contributed by atoms with E-state index >= 15 is 0 Å². The standard InChI is InChI=1S/C12H13F3N2O2/c13-8-1-2-9(12(15)11(8)14)17-10(18)5-7-6-16-3-4-19-7/h1-2,7,16H,3-6H2,(H,17,18). The summed E-state index contributed by atoms with van der Waals surface area (Å²) >= 11 is 0. The van der Waals surface area contributed by atoms with Crippen molar-refractivity contribution in [2.75, 3.05) is 25.0 Å². The van der Waals surface area contributed by atoms with Gasteiger partial charge >= 0.3 is 0 Å². The third-order valence-corrected chi connectivity index (χ3v) is 2.73. The van der Waals surface area contributed by atoms with Gasteiger partial charge in [-0.3, -0.25) is 4.79 Å². The van der Waals surface area contributed by atoms with Crippen LogP contribution in [0.15, 0.2) is 12.1 Å². The van der Waals surface area contributed by atoms with Crippen LogP contribution in [0.3, 0.4) is 0 Å². The van der Waals surface area contributed by atoms with E-state index < -0.39 is 23.4 Å². The number of rotatable bonds is 3. The van der Waals surface area contributed by atoms with Crippen LogP contribution < -0.4 is 10.6 Å². The van der Waals surface area contributed by atoms with E-state index in [4.69, 9.17) is 4.74 Å². The maximum atomic E-state index is 13.3. The molecule has 0 aromatic heterocycles. The lowest BCUT2D eigenvalue weighted by molar-refractivity contribution is -0.119. The third kappa shape index (κ3) is 3.45. The molecule has 1 atom stereocenters. The number of carbonyl (C=O) groups is 1. The predicted molar refractivity (Wildman–Crippen MR) is 62.2 cm³/mol. The molecule has 1 fully saturated rings. The lowest BCUT2D eigenvalue weighted by atomic mass is 10.2. The second-order valence-electron chi connectivity index (χ2n) is 4.17. The lowest BCUT2D eigenvalue weighted by Crippen LogP contribution is -2.40. The maximum absolute atomic E-state index is 13.3. The average Bonchev–Trinajstić information content (AvgIpc) is 2.41. The van der Waals surface area contributed by atoms with Gasteiger partial charge in [0.25, 0.3) is 0 Å². The Balaban J connectivity index is 1.97. The van der Waals surface area contributed by atoms with Crippen LogP contribution in [0, 0.1) is 17.5 Å². The van der Waals surface area contributed by atoms with E-state index in [1.165, 1.54) is 0 Å². The molecule has 0 bridgehead atoms. The first-order valence-corrected chi connectivity index (χ1v) is 5.83. The Labute approximate surface area is 107 Å². The minimum absolute atomic E-state index is 0.0193. The number of morpholine rings is 1. The number of halogens is 3. The number of benzene rings is 1. The lowest BCUT2D eigenvalue weighted by Gasteiger charge is -2.23. The van der Waals surface area contributed by atoms with Gasteiger partial charge in [-0.1, -0.05) is 0 Å². The van der Waals surface area contributed by atoms with Crippen molar-refractivity contribution in [3.05, 3.63) is 29.6 Å². The van der Waals surface area contributed by atoms with Gasteiger partial charge in [-0.05, 0) is 12.1 Å². The van der Waals surface area contributed by atoms with Gasteiger partial charge in [0.05, 0.1) is 24.8 Å². The van der Waals surface area contributed by atoms with Gasteiger partial charge in [0.15, 0.2) is 17.5 Å². The first-order valence-electron chi connectivity index (χ1n) is 5.83. The van der Waals surface area contributed by atoms with Crippen molar-refractivity contribution in [2.24, 2.45) is 0 Å². The van der Waals surface area contributed by atoms with Gasteiger partial charge in [-0.15, -0.1) is 0 Å². The molecular formula is C12H13F3N2O2. The van der Waals surface area contributed by atoms with Crippen molar-refractivity contribution >= 4 is 11.6 Å². The van der Waals surface area contributed by atoms with Crippen molar-refractivity contribution in [1.29, 1.82) is 0 Å². The van der Waals surface area contributed by atoms with Crippen molar-refractivity contribution < 1.29 is 22.7 Å². The molecule has 2 rings (SSSR count). The topological polar surface area (TPSA) is 50.4 Å². The SMILES string of the molecule is O=C(CC1CNCCO1)Nc1ccc(F)c(F)c1F. The highest BCUT2D eigenvalue weighted by atomic mass is 19.2. The average molecular weight is 274 g/mol. The Bertz CT molecular complexity index is 476. The summed E-state index contributed by atoms with van der Waals surface area (Å²) in [6, 6.07) is 1.73. The summed E-state index contributed by atoms with van der Waals surface area (Å²) in [7, 11) is 0.